The van der Waals surface area contributed by atoms with E-state index in [9.17, 15) is 9.59 Å². The maximum atomic E-state index is 11.9. The number of nitrogens with one attached hydrogen (secondary N) is 1. The van der Waals surface area contributed by atoms with Gasteiger partial charge in [-0.2, -0.15) is 0 Å². The number of benzene rings is 1. The summed E-state index contributed by atoms with van der Waals surface area (Å²) >= 11 is 0. The van der Waals surface area contributed by atoms with Gasteiger partial charge >= 0.3 is 12.1 Å². The van der Waals surface area contributed by atoms with Gasteiger partial charge in [-0.1, -0.05) is 36.4 Å². The molecular weight excluding hydrogens is 286 g/mol. The minimum Gasteiger partial charge on any atom is -0.467 e. The second kappa shape index (κ2) is 8.19. The zero-order chi connectivity index (χ0) is 15.8. The Morgan fingerprint density at radius 3 is 2.73 bits per heavy atom. The molecule has 1 aliphatic rings. The summed E-state index contributed by atoms with van der Waals surface area (Å²) in [4.78, 5) is 23.7. The summed E-state index contributed by atoms with van der Waals surface area (Å²) in [7, 11) is 1.28. The molecule has 22 heavy (non-hydrogen) atoms. The van der Waals surface area contributed by atoms with Gasteiger partial charge in [0.25, 0.3) is 0 Å². The molecule has 0 spiro atoms. The van der Waals surface area contributed by atoms with Crippen molar-refractivity contribution in [3.05, 3.63) is 47.5 Å². The second-order valence-electron chi connectivity index (χ2n) is 4.77. The van der Waals surface area contributed by atoms with E-state index < -0.39 is 18.1 Å². The van der Waals surface area contributed by atoms with Crippen molar-refractivity contribution in [1.82, 2.24) is 5.32 Å². The van der Waals surface area contributed by atoms with Gasteiger partial charge in [0.15, 0.2) is 6.04 Å². The molecule has 1 heterocycles. The summed E-state index contributed by atoms with van der Waals surface area (Å²) in [5.74, 6) is -0.523. The van der Waals surface area contributed by atoms with Crippen molar-refractivity contribution in [3.8, 4) is 0 Å². The van der Waals surface area contributed by atoms with Gasteiger partial charge in [-0.3, -0.25) is 0 Å². The molecule has 1 aromatic rings. The predicted molar refractivity (Wildman–Crippen MR) is 79.1 cm³/mol. The molecule has 0 radical (unpaired) electrons. The molecule has 6 heteroatoms. The Hall–Kier alpha value is -2.34. The van der Waals surface area contributed by atoms with Gasteiger partial charge in [-0.25, -0.2) is 9.59 Å². The number of rotatable bonds is 5. The Labute approximate surface area is 129 Å². The standard InChI is InChI=1S/C16H19NO5/c1-20-15(18)14(13-7-9-21-10-8-13)17-16(19)22-11-12-5-3-2-4-6-12/h2-7,14H,8-11H2,1H3,(H,17,19)/t14-/m0/s1. The van der Waals surface area contributed by atoms with E-state index in [4.69, 9.17) is 14.2 Å². The molecule has 1 N–H and O–H groups in total. The highest BCUT2D eigenvalue weighted by atomic mass is 16.6. The van der Waals surface area contributed by atoms with Crippen molar-refractivity contribution >= 4 is 12.1 Å². The molecule has 6 nitrogen and oxygen atoms in total. The number of carbonyl (C=O) groups excluding carboxylic acids is 2. The minimum atomic E-state index is -0.836. The van der Waals surface area contributed by atoms with Gasteiger partial charge in [-0.05, 0) is 17.6 Å². The first kappa shape index (κ1) is 16.0. The number of hydrogen-bond acceptors (Lipinski definition) is 5. The molecule has 0 aliphatic carbocycles. The van der Waals surface area contributed by atoms with Crippen molar-refractivity contribution in [2.75, 3.05) is 20.3 Å². The van der Waals surface area contributed by atoms with E-state index in [2.05, 4.69) is 5.32 Å². The molecule has 0 aromatic heterocycles. The quantitative estimate of drug-likeness (QED) is 0.663. The van der Waals surface area contributed by atoms with Gasteiger partial charge < -0.3 is 19.5 Å². The normalized spacial score (nSPS) is 15.4. The van der Waals surface area contributed by atoms with Gasteiger partial charge in [-0.15, -0.1) is 0 Å². The van der Waals surface area contributed by atoms with E-state index >= 15 is 0 Å². The first-order valence-electron chi connectivity index (χ1n) is 7.02. The van der Waals surface area contributed by atoms with Crippen LogP contribution in [0.4, 0.5) is 4.79 Å². The highest BCUT2D eigenvalue weighted by molar-refractivity contribution is 5.84. The summed E-state index contributed by atoms with van der Waals surface area (Å²) < 4.78 is 15.1. The lowest BCUT2D eigenvalue weighted by Gasteiger charge is -2.22. The fourth-order valence-corrected chi connectivity index (χ4v) is 2.11. The second-order valence-corrected chi connectivity index (χ2v) is 4.77. The van der Waals surface area contributed by atoms with Crippen molar-refractivity contribution < 1.29 is 23.8 Å². The van der Waals surface area contributed by atoms with Crippen LogP contribution in [-0.2, 0) is 25.6 Å². The van der Waals surface area contributed by atoms with Crippen molar-refractivity contribution in [2.45, 2.75) is 19.1 Å². The van der Waals surface area contributed by atoms with Crippen LogP contribution < -0.4 is 5.32 Å². The van der Waals surface area contributed by atoms with Crippen LogP contribution in [0.25, 0.3) is 0 Å². The Balaban J connectivity index is 1.93. The first-order valence-corrected chi connectivity index (χ1v) is 7.02. The molecule has 1 atom stereocenters. The van der Waals surface area contributed by atoms with Crippen LogP contribution >= 0.6 is 0 Å². The largest absolute Gasteiger partial charge is 0.467 e. The third-order valence-electron chi connectivity index (χ3n) is 3.28. The van der Waals surface area contributed by atoms with Gasteiger partial charge in [0.2, 0.25) is 0 Å². The zero-order valence-corrected chi connectivity index (χ0v) is 12.4. The number of ether oxygens (including phenoxy) is 3. The van der Waals surface area contributed by atoms with Gasteiger partial charge in [0, 0.05) is 0 Å². The van der Waals surface area contributed by atoms with Crippen LogP contribution in [0.15, 0.2) is 42.0 Å². The maximum Gasteiger partial charge on any atom is 0.408 e. The Kier molecular flexibility index (Phi) is 5.97. The third-order valence-corrected chi connectivity index (χ3v) is 3.28. The highest BCUT2D eigenvalue weighted by Gasteiger charge is 2.27. The third kappa shape index (κ3) is 4.60. The molecule has 0 saturated carbocycles. The minimum absolute atomic E-state index is 0.142. The molecule has 118 valence electrons. The molecule has 1 aliphatic heterocycles. The number of alkyl carbamates (subject to hydrolysis) is 1. The van der Waals surface area contributed by atoms with Gasteiger partial charge in [0.05, 0.1) is 20.3 Å². The van der Waals surface area contributed by atoms with Gasteiger partial charge in [0.1, 0.15) is 6.61 Å². The van der Waals surface area contributed by atoms with Crippen LogP contribution in [0.5, 0.6) is 0 Å². The topological polar surface area (TPSA) is 73.9 Å². The van der Waals surface area contributed by atoms with Crippen LogP contribution in [0.3, 0.4) is 0 Å². The monoisotopic (exact) mass is 305 g/mol. The van der Waals surface area contributed by atoms with E-state index in [-0.39, 0.29) is 6.61 Å². The lowest BCUT2D eigenvalue weighted by molar-refractivity contribution is -0.142. The molecular formula is C16H19NO5. The summed E-state index contributed by atoms with van der Waals surface area (Å²) in [6.07, 6.45) is 1.69. The number of hydrogen-bond donors (Lipinski definition) is 1. The fraction of sp³-hybridized carbons (Fsp3) is 0.375. The lowest BCUT2D eigenvalue weighted by Crippen LogP contribution is -2.44. The maximum absolute atomic E-state index is 11.9. The van der Waals surface area contributed by atoms with E-state index in [0.29, 0.717) is 19.6 Å². The number of carbonyl (C=O) groups is 2. The summed E-state index contributed by atoms with van der Waals surface area (Å²) in [6, 6.07) is 8.48. The highest BCUT2D eigenvalue weighted by Crippen LogP contribution is 2.14. The SMILES string of the molecule is COC(=O)[C@@H](NC(=O)OCc1ccccc1)C1=CCOCC1. The molecule has 2 rings (SSSR count). The fourth-order valence-electron chi connectivity index (χ4n) is 2.11. The summed E-state index contributed by atoms with van der Waals surface area (Å²) in [5.41, 5.74) is 1.65. The Morgan fingerprint density at radius 1 is 1.32 bits per heavy atom. The average Bonchev–Trinajstić information content (AvgIpc) is 2.59. The number of amides is 1. The zero-order valence-electron chi connectivity index (χ0n) is 12.4. The number of esters is 1. The van der Waals surface area contributed by atoms with Crippen molar-refractivity contribution in [2.24, 2.45) is 0 Å². The Bertz CT molecular complexity index is 541. The van der Waals surface area contributed by atoms with Crippen LogP contribution in [-0.4, -0.2) is 38.4 Å². The first-order chi connectivity index (χ1) is 10.7. The molecule has 0 saturated heterocycles. The lowest BCUT2D eigenvalue weighted by atomic mass is 10.0. The van der Waals surface area contributed by atoms with E-state index in [0.717, 1.165) is 11.1 Å². The molecule has 0 unspecified atom stereocenters. The number of methoxy groups -OCH3 is 1. The predicted octanol–water partition coefficient (Wildman–Crippen LogP) is 1.80. The molecule has 1 amide bonds. The average molecular weight is 305 g/mol. The van der Waals surface area contributed by atoms with Crippen LogP contribution in [0.2, 0.25) is 0 Å². The molecule has 1 aromatic carbocycles. The summed E-state index contributed by atoms with van der Waals surface area (Å²) in [6.45, 7) is 1.08. The van der Waals surface area contributed by atoms with E-state index in [1.54, 1.807) is 6.08 Å². The van der Waals surface area contributed by atoms with Crippen molar-refractivity contribution in [3.63, 3.8) is 0 Å². The summed E-state index contributed by atoms with van der Waals surface area (Å²) in [5, 5.41) is 2.55. The smallest absolute Gasteiger partial charge is 0.408 e. The molecule has 0 fully saturated rings. The molecule has 0 bridgehead atoms. The van der Waals surface area contributed by atoms with E-state index in [1.165, 1.54) is 7.11 Å². The van der Waals surface area contributed by atoms with Crippen LogP contribution in [0, 0.1) is 0 Å². The van der Waals surface area contributed by atoms with Crippen molar-refractivity contribution in [1.29, 1.82) is 0 Å². The van der Waals surface area contributed by atoms with E-state index in [1.807, 2.05) is 30.3 Å². The Morgan fingerprint density at radius 2 is 2.09 bits per heavy atom. The van der Waals surface area contributed by atoms with Crippen LogP contribution in [0.1, 0.15) is 12.0 Å².